The molecular formula is C62H90N2O34S10. The summed E-state index contributed by atoms with van der Waals surface area (Å²) in [5.74, 6) is 0. The molecule has 16 N–H and O–H groups in total. The van der Waals surface area contributed by atoms with Crippen LogP contribution in [0.15, 0.2) is 133 Å². The van der Waals surface area contributed by atoms with Crippen molar-refractivity contribution < 1.29 is 150 Å². The molecule has 612 valence electrons. The van der Waals surface area contributed by atoms with Gasteiger partial charge in [-0.15, -0.1) is 0 Å². The van der Waals surface area contributed by atoms with Gasteiger partial charge in [0, 0.05) is 13.1 Å². The average Bonchev–Trinajstić information content (AvgIpc) is 0.728. The van der Waals surface area contributed by atoms with E-state index in [9.17, 15) is 105 Å². The molecule has 36 nitrogen and oxygen atoms in total. The van der Waals surface area contributed by atoms with Crippen LogP contribution in [0.4, 0.5) is 0 Å². The Morgan fingerprint density at radius 2 is 0.417 bits per heavy atom. The van der Waals surface area contributed by atoms with Crippen molar-refractivity contribution in [1.82, 2.24) is 10.6 Å². The molecule has 4 atom stereocenters. The number of hydrogen-bond acceptors (Lipinski definition) is 26. The van der Waals surface area contributed by atoms with E-state index in [1.165, 1.54) is 86.2 Å². The maximum atomic E-state index is 10.1. The SMILES string of the molecule is CS(=O)(=O)O.CS(=O)(=O)O.CS(=O)(=O)O.CS(=O)(=O)O.CS(=O)(=O)O.CS(=O)(=O)O.CS(=O)(=O)O.CS(=O)(=O)O.CS(=O)(=O)O.CS(=O)(=O)O.C[C@H](O)[C@@](C)(CO)NCc1ccc2c3cccc4cccc(c5cccc1c52)c43.C[C@H](O)[C@@](C)(CO)NCc1ccc2c3cccc4cccc(c5cccc1c52)c43. The Balaban J connectivity index is 0. The number of hydrogen-bond donors (Lipinski definition) is 16. The van der Waals surface area contributed by atoms with Gasteiger partial charge in [-0.3, -0.25) is 45.5 Å². The third kappa shape index (κ3) is 48.3. The summed E-state index contributed by atoms with van der Waals surface area (Å²) in [5, 5.41) is 66.7. The van der Waals surface area contributed by atoms with Gasteiger partial charge in [-0.1, -0.05) is 133 Å². The molecule has 0 aromatic heterocycles. The monoisotopic (exact) mass is 1730 g/mol. The first kappa shape index (κ1) is 104. The minimum absolute atomic E-state index is 0.124. The summed E-state index contributed by atoms with van der Waals surface area (Å²) < 4.78 is 259. The minimum Gasteiger partial charge on any atom is -0.394 e. The van der Waals surface area contributed by atoms with E-state index in [1.807, 2.05) is 13.8 Å². The Bertz CT molecular complexity index is 4950. The Labute approximate surface area is 628 Å². The standard InChI is InChI=1S/2C26H25NO2.10CH4O3S/c2*1-16(29)26(2,15-28)27-14-18-12-13-23-21-10-4-7-17-6-3-9-20(24(17)21)22-11-5-8-19(18)25(22)23;10*1-5(2,3)4/h2*3-13,16,27-29H,14-15H2,1-2H3;10*1H3,(H,2,3,4)/t2*16-,26+;;;;;;;;;;/m00........../s1. The van der Waals surface area contributed by atoms with Crippen molar-refractivity contribution in [3.63, 3.8) is 0 Å². The quantitative estimate of drug-likeness (QED) is 0.0489. The summed E-state index contributed by atoms with van der Waals surface area (Å²) in [5.41, 5.74) is 0.852. The predicted octanol–water partition coefficient (Wildman–Crippen LogP) is 4.96. The fourth-order valence-corrected chi connectivity index (χ4v) is 8.99. The lowest BCUT2D eigenvalue weighted by molar-refractivity contribution is 0.0402. The number of aliphatic hydroxyl groups is 4. The van der Waals surface area contributed by atoms with Gasteiger partial charge in [0.05, 0.1) is 99.1 Å². The lowest BCUT2D eigenvalue weighted by Crippen LogP contribution is -2.53. The van der Waals surface area contributed by atoms with Crippen LogP contribution in [0.5, 0.6) is 0 Å². The van der Waals surface area contributed by atoms with Gasteiger partial charge < -0.3 is 31.1 Å². The van der Waals surface area contributed by atoms with Crippen LogP contribution in [0.25, 0.3) is 86.2 Å². The van der Waals surface area contributed by atoms with Crippen LogP contribution in [-0.4, -0.2) is 249 Å². The van der Waals surface area contributed by atoms with Crippen LogP contribution >= 0.6 is 0 Å². The molecule has 0 saturated heterocycles. The summed E-state index contributed by atoms with van der Waals surface area (Å²) in [6.07, 6.45) is 5.84. The summed E-state index contributed by atoms with van der Waals surface area (Å²) >= 11 is 0. The predicted molar refractivity (Wildman–Crippen MR) is 418 cm³/mol. The van der Waals surface area contributed by atoms with Crippen LogP contribution in [0.3, 0.4) is 0 Å². The van der Waals surface area contributed by atoms with Gasteiger partial charge in [-0.2, -0.15) is 84.2 Å². The molecule has 0 saturated carbocycles. The first-order valence-corrected chi connectivity index (χ1v) is 48.0. The van der Waals surface area contributed by atoms with Crippen LogP contribution in [0, 0.1) is 0 Å². The van der Waals surface area contributed by atoms with Crippen molar-refractivity contribution in [3.8, 4) is 0 Å². The van der Waals surface area contributed by atoms with E-state index in [2.05, 4.69) is 144 Å². The summed E-state index contributed by atoms with van der Waals surface area (Å²) in [6.45, 7) is 8.01. The molecule has 10 rings (SSSR count). The Morgan fingerprint density at radius 1 is 0.269 bits per heavy atom. The third-order valence-electron chi connectivity index (χ3n) is 13.1. The number of benzene rings is 10. The number of nitrogens with one attached hydrogen (secondary N) is 2. The molecule has 0 amide bonds. The second-order valence-corrected chi connectivity index (χ2v) is 38.6. The molecule has 0 unspecified atom stereocenters. The highest BCUT2D eigenvalue weighted by atomic mass is 32.3. The van der Waals surface area contributed by atoms with Crippen molar-refractivity contribution in [2.45, 2.75) is 64.1 Å². The second-order valence-electron chi connectivity index (χ2n) is 24.0. The van der Waals surface area contributed by atoms with Gasteiger partial charge in [0.15, 0.2) is 0 Å². The highest BCUT2D eigenvalue weighted by Crippen LogP contribution is 2.43. The van der Waals surface area contributed by atoms with E-state index in [4.69, 9.17) is 45.5 Å². The highest BCUT2D eigenvalue weighted by Gasteiger charge is 2.30. The maximum Gasteiger partial charge on any atom is 0.261 e. The first-order chi connectivity index (χ1) is 48.1. The molecule has 108 heavy (non-hydrogen) atoms. The number of rotatable bonds is 10. The molecule has 10 aromatic carbocycles. The average molecular weight is 1730 g/mol. The fourth-order valence-electron chi connectivity index (χ4n) is 8.99. The molecule has 0 spiro atoms. The molecule has 0 aliphatic rings. The fraction of sp³-hybridized carbons (Fsp3) is 0.355. The molecule has 46 heteroatoms. The van der Waals surface area contributed by atoms with E-state index in [1.54, 1.807) is 13.8 Å². The molecule has 10 aromatic rings. The molecule has 0 aliphatic heterocycles. The Morgan fingerprint density at radius 3 is 0.583 bits per heavy atom. The van der Waals surface area contributed by atoms with E-state index < -0.39 is 124 Å². The lowest BCUT2D eigenvalue weighted by atomic mass is 9.88. The number of aliphatic hydroxyl groups excluding tert-OH is 4. The Kier molecular flexibility index (Phi) is 40.7. The van der Waals surface area contributed by atoms with Crippen molar-refractivity contribution in [3.05, 3.63) is 145 Å². The van der Waals surface area contributed by atoms with E-state index in [0.717, 1.165) is 11.1 Å². The van der Waals surface area contributed by atoms with Gasteiger partial charge in [-0.05, 0) is 125 Å². The Hall–Kier alpha value is -6.34. The molecule has 0 fully saturated rings. The van der Waals surface area contributed by atoms with Crippen LogP contribution in [0.1, 0.15) is 38.8 Å². The van der Waals surface area contributed by atoms with Gasteiger partial charge in [0.1, 0.15) is 0 Å². The topological polar surface area (TPSA) is 649 Å². The summed E-state index contributed by atoms with van der Waals surface area (Å²) in [4.78, 5) is 0. The molecule has 0 bridgehead atoms. The van der Waals surface area contributed by atoms with Crippen LogP contribution < -0.4 is 10.6 Å². The zero-order valence-electron chi connectivity index (χ0n) is 60.2. The zero-order valence-corrected chi connectivity index (χ0v) is 68.4. The lowest BCUT2D eigenvalue weighted by Gasteiger charge is -2.32. The largest absolute Gasteiger partial charge is 0.394 e. The maximum absolute atomic E-state index is 10.1. The smallest absolute Gasteiger partial charge is 0.261 e. The minimum atomic E-state index is -3.67. The van der Waals surface area contributed by atoms with Gasteiger partial charge in [0.25, 0.3) is 101 Å². The summed E-state index contributed by atoms with van der Waals surface area (Å²) in [6, 6.07) is 47.9. The highest BCUT2D eigenvalue weighted by molar-refractivity contribution is 7.87. The molecule has 0 heterocycles. The van der Waals surface area contributed by atoms with Crippen molar-refractivity contribution >= 4 is 187 Å². The first-order valence-electron chi connectivity index (χ1n) is 29.5. The second kappa shape index (κ2) is 42.3. The van der Waals surface area contributed by atoms with Gasteiger partial charge in [-0.25, -0.2) is 0 Å². The normalized spacial score (nSPS) is 13.7. The van der Waals surface area contributed by atoms with E-state index in [0.29, 0.717) is 75.6 Å². The van der Waals surface area contributed by atoms with Gasteiger partial charge >= 0.3 is 0 Å². The zero-order chi connectivity index (χ0) is 85.3. The molecule has 0 aliphatic carbocycles. The van der Waals surface area contributed by atoms with Crippen LogP contribution in [-0.2, 0) is 114 Å². The van der Waals surface area contributed by atoms with Crippen molar-refractivity contribution in [1.29, 1.82) is 0 Å². The molecular weight excluding hydrogens is 1640 g/mol. The van der Waals surface area contributed by atoms with E-state index >= 15 is 0 Å². The van der Waals surface area contributed by atoms with Gasteiger partial charge in [0.2, 0.25) is 0 Å². The third-order valence-corrected chi connectivity index (χ3v) is 13.1. The molecule has 0 radical (unpaired) electrons. The van der Waals surface area contributed by atoms with Crippen LogP contribution in [0.2, 0.25) is 0 Å². The van der Waals surface area contributed by atoms with Crippen molar-refractivity contribution in [2.75, 3.05) is 75.8 Å². The number of fused-ring (bicyclic) bond motifs is 4. The summed E-state index contributed by atoms with van der Waals surface area (Å²) in [7, 11) is -36.7. The van der Waals surface area contributed by atoms with E-state index in [-0.39, 0.29) is 13.2 Å². The van der Waals surface area contributed by atoms with Crippen molar-refractivity contribution in [2.24, 2.45) is 0 Å².